The van der Waals surface area contributed by atoms with Crippen molar-refractivity contribution in [3.63, 3.8) is 0 Å². The molecule has 0 radical (unpaired) electrons. The van der Waals surface area contributed by atoms with Crippen molar-refractivity contribution in [2.45, 2.75) is 50.2 Å². The molecule has 1 saturated carbocycles. The molecule has 1 nitrogen and oxygen atoms in total. The second kappa shape index (κ2) is 4.73. The van der Waals surface area contributed by atoms with Crippen LogP contribution >= 0.6 is 22.2 Å². The maximum atomic E-state index is 6.15. The summed E-state index contributed by atoms with van der Waals surface area (Å²) < 4.78 is 0. The molecule has 14 heavy (non-hydrogen) atoms. The summed E-state index contributed by atoms with van der Waals surface area (Å²) in [5.41, 5.74) is 0.526. The van der Waals surface area contributed by atoms with Gasteiger partial charge in [0.1, 0.15) is 0 Å². The second-order valence-electron chi connectivity index (χ2n) is 4.76. The molecule has 0 amide bonds. The van der Waals surface area contributed by atoms with Crippen LogP contribution in [0.15, 0.2) is 0 Å². The Morgan fingerprint density at radius 2 is 1.79 bits per heavy atom. The highest BCUT2D eigenvalue weighted by Gasteiger charge is 2.38. The largest absolute Gasteiger partial charge is 0.301 e. The van der Waals surface area contributed by atoms with Crippen molar-refractivity contribution in [2.24, 2.45) is 5.92 Å². The fraction of sp³-hybridized carbons (Fsp3) is 1.00. The zero-order valence-electron chi connectivity index (χ0n) is 8.76. The van der Waals surface area contributed by atoms with E-state index >= 15 is 0 Å². The fourth-order valence-electron chi connectivity index (χ4n) is 3.20. The highest BCUT2D eigenvalue weighted by Crippen LogP contribution is 2.38. The van der Waals surface area contributed by atoms with Gasteiger partial charge in [-0.3, -0.25) is 0 Å². The van der Waals surface area contributed by atoms with E-state index in [0.717, 1.165) is 12.0 Å². The van der Waals surface area contributed by atoms with Crippen molar-refractivity contribution in [2.75, 3.05) is 7.05 Å². The summed E-state index contributed by atoms with van der Waals surface area (Å²) in [4.78, 5) is 2.50. The Labute approximate surface area is 97.8 Å². The van der Waals surface area contributed by atoms with Gasteiger partial charge in [-0.25, -0.2) is 0 Å². The van der Waals surface area contributed by atoms with E-state index in [1.54, 1.807) is 0 Å². The van der Waals surface area contributed by atoms with Crippen LogP contribution in [0.1, 0.15) is 38.5 Å². The minimum atomic E-state index is -1.51. The number of hydrogen-bond acceptors (Lipinski definition) is 1. The van der Waals surface area contributed by atoms with E-state index in [-0.39, 0.29) is 0 Å². The molecule has 1 aliphatic carbocycles. The molecule has 0 spiro atoms. The molecule has 82 valence electrons. The maximum Gasteiger partial charge on any atom is 0.253 e. The molecule has 3 atom stereocenters. The molecule has 0 N–H and O–H groups in total. The van der Waals surface area contributed by atoms with E-state index in [4.69, 9.17) is 22.2 Å². The lowest BCUT2D eigenvalue weighted by Gasteiger charge is -2.47. The first kappa shape index (κ1) is 11.2. The highest BCUT2D eigenvalue weighted by atomic mass is 35.7. The Morgan fingerprint density at radius 3 is 2.50 bits per heavy atom. The maximum absolute atomic E-state index is 6.15. The number of likely N-dealkylation sites (tertiary alicyclic amines) is 1. The van der Waals surface area contributed by atoms with Crippen molar-refractivity contribution in [3.05, 3.63) is 0 Å². The normalized spacial score (nSPS) is 39.9. The van der Waals surface area contributed by atoms with Gasteiger partial charge in [-0.15, -0.1) is 22.2 Å². The van der Waals surface area contributed by atoms with Gasteiger partial charge in [-0.2, -0.15) is 0 Å². The van der Waals surface area contributed by atoms with Crippen LogP contribution in [0.3, 0.4) is 0 Å². The average Bonchev–Trinajstić information content (AvgIpc) is 2.18. The number of rotatable bonds is 1. The summed E-state index contributed by atoms with van der Waals surface area (Å²) in [5.74, 6) is 0.936. The second-order valence-corrected chi connectivity index (χ2v) is 9.69. The molecular weight excluding hydrogens is 233 g/mol. The van der Waals surface area contributed by atoms with Crippen molar-refractivity contribution in [1.29, 1.82) is 0 Å². The Hall–Kier alpha value is 0.757. The SMILES string of the molecule is CN1C2CCCCC2CCC1[SiH](Cl)Cl. The first-order valence-electron chi connectivity index (χ1n) is 5.70. The average molecular weight is 252 g/mol. The first-order chi connectivity index (χ1) is 6.70. The predicted molar refractivity (Wildman–Crippen MR) is 65.4 cm³/mol. The van der Waals surface area contributed by atoms with Crippen molar-refractivity contribution in [3.8, 4) is 0 Å². The Kier molecular flexibility index (Phi) is 3.80. The highest BCUT2D eigenvalue weighted by molar-refractivity contribution is 7.34. The van der Waals surface area contributed by atoms with E-state index in [1.807, 2.05) is 0 Å². The lowest BCUT2D eigenvalue weighted by molar-refractivity contribution is 0.0669. The summed E-state index contributed by atoms with van der Waals surface area (Å²) in [6.07, 6.45) is 8.23. The monoisotopic (exact) mass is 251 g/mol. The van der Waals surface area contributed by atoms with Crippen LogP contribution in [-0.4, -0.2) is 31.1 Å². The minimum Gasteiger partial charge on any atom is -0.301 e. The topological polar surface area (TPSA) is 3.24 Å². The van der Waals surface area contributed by atoms with Gasteiger partial charge in [0, 0.05) is 11.7 Å². The summed E-state index contributed by atoms with van der Waals surface area (Å²) in [6, 6.07) is 0.787. The Bertz CT molecular complexity index is 201. The van der Waals surface area contributed by atoms with Crippen molar-refractivity contribution >= 4 is 29.6 Å². The van der Waals surface area contributed by atoms with Crippen LogP contribution in [0.5, 0.6) is 0 Å². The van der Waals surface area contributed by atoms with Crippen LogP contribution in [-0.2, 0) is 0 Å². The molecule has 4 heteroatoms. The predicted octanol–water partition coefficient (Wildman–Crippen LogP) is 2.88. The smallest absolute Gasteiger partial charge is 0.253 e. The molecular formula is C10H19Cl2NSi. The third kappa shape index (κ3) is 2.13. The quantitative estimate of drug-likeness (QED) is 0.512. The molecule has 2 fully saturated rings. The standard InChI is InChI=1S/C10H19Cl2NSi/c1-13-9-5-3-2-4-8(9)6-7-10(13)14(11)12/h8-10,14H,2-7H2,1H3. The Balaban J connectivity index is 2.03. The van der Waals surface area contributed by atoms with Gasteiger partial charge in [0.2, 0.25) is 0 Å². The van der Waals surface area contributed by atoms with Crippen LogP contribution in [0, 0.1) is 5.92 Å². The number of halogens is 2. The van der Waals surface area contributed by atoms with Crippen molar-refractivity contribution in [1.82, 2.24) is 4.90 Å². The molecule has 2 rings (SSSR count). The van der Waals surface area contributed by atoms with Gasteiger partial charge in [-0.1, -0.05) is 12.8 Å². The van der Waals surface area contributed by atoms with E-state index in [9.17, 15) is 0 Å². The molecule has 0 aromatic heterocycles. The summed E-state index contributed by atoms with van der Waals surface area (Å²) in [6.45, 7) is 0. The molecule has 1 aliphatic heterocycles. The van der Waals surface area contributed by atoms with E-state index < -0.39 is 7.42 Å². The van der Waals surface area contributed by atoms with Gasteiger partial charge in [0.25, 0.3) is 7.42 Å². The molecule has 0 aromatic rings. The molecule has 0 aromatic carbocycles. The van der Waals surface area contributed by atoms with Crippen LogP contribution in [0.2, 0.25) is 0 Å². The lowest BCUT2D eigenvalue weighted by Crippen LogP contribution is -2.53. The number of piperidine rings is 1. The molecule has 0 bridgehead atoms. The minimum absolute atomic E-state index is 0.526. The Morgan fingerprint density at radius 1 is 1.07 bits per heavy atom. The number of nitrogens with zero attached hydrogens (tertiary/aromatic N) is 1. The molecule has 1 saturated heterocycles. The summed E-state index contributed by atoms with van der Waals surface area (Å²) >= 11 is 12.3. The fourth-order valence-corrected chi connectivity index (χ4v) is 6.04. The first-order valence-corrected chi connectivity index (χ1v) is 9.86. The van der Waals surface area contributed by atoms with Gasteiger partial charge < -0.3 is 4.90 Å². The third-order valence-corrected chi connectivity index (χ3v) is 7.17. The van der Waals surface area contributed by atoms with E-state index in [1.165, 1.54) is 38.5 Å². The van der Waals surface area contributed by atoms with E-state index in [2.05, 4.69) is 11.9 Å². The molecule has 3 unspecified atom stereocenters. The summed E-state index contributed by atoms with van der Waals surface area (Å²) in [5, 5.41) is 0. The van der Waals surface area contributed by atoms with Gasteiger partial charge >= 0.3 is 0 Å². The van der Waals surface area contributed by atoms with Gasteiger partial charge in [0.05, 0.1) is 0 Å². The van der Waals surface area contributed by atoms with Crippen molar-refractivity contribution < 1.29 is 0 Å². The van der Waals surface area contributed by atoms with Gasteiger partial charge in [-0.05, 0) is 38.6 Å². The zero-order chi connectivity index (χ0) is 10.1. The van der Waals surface area contributed by atoms with Crippen LogP contribution in [0.25, 0.3) is 0 Å². The third-order valence-electron chi connectivity index (χ3n) is 4.04. The molecule has 1 heterocycles. The number of hydrogen-bond donors (Lipinski definition) is 0. The molecule has 2 aliphatic rings. The zero-order valence-corrected chi connectivity index (χ0v) is 11.4. The van der Waals surface area contributed by atoms with E-state index in [0.29, 0.717) is 5.67 Å². The van der Waals surface area contributed by atoms with Gasteiger partial charge in [0.15, 0.2) is 0 Å². The van der Waals surface area contributed by atoms with Crippen LogP contribution < -0.4 is 0 Å². The lowest BCUT2D eigenvalue weighted by atomic mass is 9.78. The summed E-state index contributed by atoms with van der Waals surface area (Å²) in [7, 11) is 0.728. The van der Waals surface area contributed by atoms with Crippen LogP contribution in [0.4, 0.5) is 0 Å². The number of fused-ring (bicyclic) bond motifs is 1.